The molecule has 0 heterocycles. The van der Waals surface area contributed by atoms with Crippen LogP contribution in [0.15, 0.2) is 51.8 Å². The molecule has 2 aromatic rings. The van der Waals surface area contributed by atoms with E-state index in [0.717, 1.165) is 10.0 Å². The van der Waals surface area contributed by atoms with Gasteiger partial charge in [0.1, 0.15) is 5.82 Å². The van der Waals surface area contributed by atoms with E-state index in [1.807, 2.05) is 24.3 Å². The smallest absolute Gasteiger partial charge is 0.136 e. The lowest BCUT2D eigenvalue weighted by Gasteiger charge is -2.16. The van der Waals surface area contributed by atoms with Crippen LogP contribution in [-0.4, -0.2) is 11.8 Å². The number of hydrazine groups is 1. The SMILES string of the molecule is NNC(CSc1ccccc1F)Cc1ccc(Br)cc1Cl. The molecule has 0 aliphatic carbocycles. The van der Waals surface area contributed by atoms with Crippen molar-refractivity contribution in [2.45, 2.75) is 17.4 Å². The van der Waals surface area contributed by atoms with Crippen molar-refractivity contribution in [2.75, 3.05) is 5.75 Å². The minimum atomic E-state index is -0.208. The summed E-state index contributed by atoms with van der Waals surface area (Å²) in [4.78, 5) is 0.625. The van der Waals surface area contributed by atoms with Gasteiger partial charge in [-0.1, -0.05) is 45.7 Å². The van der Waals surface area contributed by atoms with Crippen LogP contribution in [0.2, 0.25) is 5.02 Å². The molecule has 0 amide bonds. The first-order chi connectivity index (χ1) is 10.1. The standard InChI is InChI=1S/C15H15BrClFN2S/c16-11-6-5-10(13(17)8-11)7-12(20-19)9-21-15-4-2-1-3-14(15)18/h1-6,8,12,20H,7,9,19H2. The fourth-order valence-corrected chi connectivity index (χ4v) is 3.60. The molecule has 0 saturated heterocycles. The van der Waals surface area contributed by atoms with Crippen LogP contribution in [0.1, 0.15) is 5.56 Å². The molecule has 0 radical (unpaired) electrons. The summed E-state index contributed by atoms with van der Waals surface area (Å²) in [6, 6.07) is 12.5. The molecule has 0 saturated carbocycles. The van der Waals surface area contributed by atoms with E-state index < -0.39 is 0 Å². The van der Waals surface area contributed by atoms with Crippen LogP contribution in [0.25, 0.3) is 0 Å². The second kappa shape index (κ2) is 8.15. The molecule has 1 unspecified atom stereocenters. The second-order valence-corrected chi connectivity index (χ2v) is 6.93. The maximum absolute atomic E-state index is 13.6. The molecular formula is C15H15BrClFN2S. The van der Waals surface area contributed by atoms with Crippen molar-refractivity contribution in [3.63, 3.8) is 0 Å². The van der Waals surface area contributed by atoms with Crippen LogP contribution in [0.5, 0.6) is 0 Å². The predicted molar refractivity (Wildman–Crippen MR) is 91.1 cm³/mol. The highest BCUT2D eigenvalue weighted by Gasteiger charge is 2.12. The van der Waals surface area contributed by atoms with Crippen LogP contribution >= 0.6 is 39.3 Å². The summed E-state index contributed by atoms with van der Waals surface area (Å²) < 4.78 is 14.5. The number of thioether (sulfide) groups is 1. The van der Waals surface area contributed by atoms with Gasteiger partial charge in [-0.15, -0.1) is 11.8 Å². The summed E-state index contributed by atoms with van der Waals surface area (Å²) in [5.74, 6) is 6.04. The number of benzene rings is 2. The Hall–Kier alpha value is -0.590. The van der Waals surface area contributed by atoms with Gasteiger partial charge in [0.25, 0.3) is 0 Å². The van der Waals surface area contributed by atoms with Crippen LogP contribution < -0.4 is 11.3 Å². The first-order valence-electron chi connectivity index (χ1n) is 6.37. The Bertz CT molecular complexity index is 612. The first-order valence-corrected chi connectivity index (χ1v) is 8.53. The molecule has 0 aliphatic rings. The van der Waals surface area contributed by atoms with Crippen LogP contribution in [-0.2, 0) is 6.42 Å². The van der Waals surface area contributed by atoms with Crippen LogP contribution in [0.3, 0.4) is 0 Å². The lowest BCUT2D eigenvalue weighted by atomic mass is 10.1. The lowest BCUT2D eigenvalue weighted by molar-refractivity contribution is 0.573. The molecule has 6 heteroatoms. The number of nitrogens with one attached hydrogen (secondary N) is 1. The Labute approximate surface area is 141 Å². The monoisotopic (exact) mass is 388 g/mol. The molecule has 3 N–H and O–H groups in total. The Kier molecular flexibility index (Phi) is 6.51. The lowest BCUT2D eigenvalue weighted by Crippen LogP contribution is -2.38. The van der Waals surface area contributed by atoms with Gasteiger partial charge in [0.15, 0.2) is 0 Å². The van der Waals surface area contributed by atoms with Gasteiger partial charge in [-0.2, -0.15) is 0 Å². The summed E-state index contributed by atoms with van der Waals surface area (Å²) in [5, 5.41) is 0.695. The van der Waals surface area contributed by atoms with Gasteiger partial charge in [0, 0.05) is 26.2 Å². The summed E-state index contributed by atoms with van der Waals surface area (Å²) >= 11 is 11.0. The minimum Gasteiger partial charge on any atom is -0.271 e. The van der Waals surface area contributed by atoms with E-state index in [0.29, 0.717) is 22.1 Å². The van der Waals surface area contributed by atoms with Crippen LogP contribution in [0, 0.1) is 5.82 Å². The van der Waals surface area contributed by atoms with Crippen molar-refractivity contribution < 1.29 is 4.39 Å². The van der Waals surface area contributed by atoms with E-state index in [9.17, 15) is 4.39 Å². The number of nitrogens with two attached hydrogens (primary N) is 1. The van der Waals surface area contributed by atoms with E-state index in [2.05, 4.69) is 21.4 Å². The van der Waals surface area contributed by atoms with E-state index in [4.69, 9.17) is 17.4 Å². The number of hydrogen-bond donors (Lipinski definition) is 2. The molecule has 2 nitrogen and oxygen atoms in total. The predicted octanol–water partition coefficient (Wildman–Crippen LogP) is 4.41. The first kappa shape index (κ1) is 16.8. The highest BCUT2D eigenvalue weighted by Crippen LogP contribution is 2.25. The summed E-state index contributed by atoms with van der Waals surface area (Å²) in [6.07, 6.45) is 0.685. The van der Waals surface area contributed by atoms with E-state index in [1.165, 1.54) is 17.8 Å². The van der Waals surface area contributed by atoms with Gasteiger partial charge in [-0.3, -0.25) is 11.3 Å². The summed E-state index contributed by atoms with van der Waals surface area (Å²) in [7, 11) is 0. The number of rotatable bonds is 6. The maximum atomic E-state index is 13.6. The topological polar surface area (TPSA) is 38.0 Å². The summed E-state index contributed by atoms with van der Waals surface area (Å²) in [6.45, 7) is 0. The van der Waals surface area contributed by atoms with E-state index in [1.54, 1.807) is 12.1 Å². The van der Waals surface area contributed by atoms with Gasteiger partial charge >= 0.3 is 0 Å². The van der Waals surface area contributed by atoms with Crippen molar-refractivity contribution >= 4 is 39.3 Å². The van der Waals surface area contributed by atoms with Crippen molar-refractivity contribution in [1.29, 1.82) is 0 Å². The fraction of sp³-hybridized carbons (Fsp3) is 0.200. The molecule has 0 aliphatic heterocycles. The van der Waals surface area contributed by atoms with Gasteiger partial charge in [0.2, 0.25) is 0 Å². The molecule has 21 heavy (non-hydrogen) atoms. The van der Waals surface area contributed by atoms with Crippen LogP contribution in [0.4, 0.5) is 4.39 Å². The molecule has 2 aromatic carbocycles. The average molecular weight is 390 g/mol. The molecule has 2 rings (SSSR count). The molecule has 112 valence electrons. The third-order valence-electron chi connectivity index (χ3n) is 2.99. The second-order valence-electron chi connectivity index (χ2n) is 4.54. The molecule has 0 fully saturated rings. The summed E-state index contributed by atoms with van der Waals surface area (Å²) in [5.41, 5.74) is 3.78. The van der Waals surface area contributed by atoms with E-state index >= 15 is 0 Å². The Morgan fingerprint density at radius 3 is 2.71 bits per heavy atom. The highest BCUT2D eigenvalue weighted by molar-refractivity contribution is 9.10. The Balaban J connectivity index is 1.99. The molecular weight excluding hydrogens is 375 g/mol. The fourth-order valence-electron chi connectivity index (χ4n) is 1.87. The van der Waals surface area contributed by atoms with Gasteiger partial charge in [-0.25, -0.2) is 4.39 Å². The zero-order valence-corrected chi connectivity index (χ0v) is 14.3. The van der Waals surface area contributed by atoms with Crippen molar-refractivity contribution in [3.05, 3.63) is 63.3 Å². The molecule has 0 spiro atoms. The number of halogens is 3. The minimum absolute atomic E-state index is 0.00767. The zero-order chi connectivity index (χ0) is 15.2. The average Bonchev–Trinajstić information content (AvgIpc) is 2.47. The molecule has 1 atom stereocenters. The quantitative estimate of drug-likeness (QED) is 0.437. The largest absolute Gasteiger partial charge is 0.271 e. The Morgan fingerprint density at radius 1 is 1.29 bits per heavy atom. The molecule has 0 aromatic heterocycles. The van der Waals surface area contributed by atoms with Crippen molar-refractivity contribution in [3.8, 4) is 0 Å². The highest BCUT2D eigenvalue weighted by atomic mass is 79.9. The van der Waals surface area contributed by atoms with Gasteiger partial charge < -0.3 is 0 Å². The molecule has 0 bridgehead atoms. The third-order valence-corrected chi connectivity index (χ3v) is 5.05. The maximum Gasteiger partial charge on any atom is 0.136 e. The zero-order valence-electron chi connectivity index (χ0n) is 11.2. The van der Waals surface area contributed by atoms with Crippen molar-refractivity contribution in [2.24, 2.45) is 5.84 Å². The van der Waals surface area contributed by atoms with Gasteiger partial charge in [-0.05, 0) is 36.2 Å². The van der Waals surface area contributed by atoms with E-state index in [-0.39, 0.29) is 11.9 Å². The van der Waals surface area contributed by atoms with Crippen molar-refractivity contribution in [1.82, 2.24) is 5.43 Å². The van der Waals surface area contributed by atoms with Gasteiger partial charge in [0.05, 0.1) is 0 Å². The normalized spacial score (nSPS) is 12.4. The third kappa shape index (κ3) is 4.97. The number of hydrogen-bond acceptors (Lipinski definition) is 3. The Morgan fingerprint density at radius 2 is 2.05 bits per heavy atom.